The Morgan fingerprint density at radius 1 is 1.38 bits per heavy atom. The third kappa shape index (κ3) is 2.86. The van der Waals surface area contributed by atoms with Gasteiger partial charge >= 0.3 is 0 Å². The molecule has 0 unspecified atom stereocenters. The van der Waals surface area contributed by atoms with Crippen molar-refractivity contribution in [3.8, 4) is 11.5 Å². The fourth-order valence-corrected chi connectivity index (χ4v) is 2.95. The Morgan fingerprint density at radius 2 is 2.29 bits per heavy atom. The molecule has 3 rings (SSSR count). The second-order valence-electron chi connectivity index (χ2n) is 4.60. The summed E-state index contributed by atoms with van der Waals surface area (Å²) in [5.41, 5.74) is 7.60. The van der Waals surface area contributed by atoms with Crippen molar-refractivity contribution in [2.75, 3.05) is 13.7 Å². The van der Waals surface area contributed by atoms with Crippen LogP contribution in [-0.4, -0.2) is 23.0 Å². The molecule has 0 aliphatic rings. The van der Waals surface area contributed by atoms with E-state index in [9.17, 15) is 0 Å². The molecule has 0 bridgehead atoms. The average Bonchev–Trinajstić information content (AvgIpc) is 3.07. The molecule has 110 valence electrons. The van der Waals surface area contributed by atoms with Crippen molar-refractivity contribution in [2.24, 2.45) is 5.73 Å². The summed E-state index contributed by atoms with van der Waals surface area (Å²) in [6, 6.07) is 5.85. The lowest BCUT2D eigenvalue weighted by Gasteiger charge is -2.14. The zero-order valence-electron chi connectivity index (χ0n) is 11.8. The Hall–Kier alpha value is -2.05. The largest absolute Gasteiger partial charge is 0.493 e. The van der Waals surface area contributed by atoms with Crippen LogP contribution in [0.1, 0.15) is 11.3 Å². The topological polar surface area (TPSA) is 61.8 Å². The summed E-state index contributed by atoms with van der Waals surface area (Å²) in [7, 11) is 1.64. The fourth-order valence-electron chi connectivity index (χ4n) is 2.23. The van der Waals surface area contributed by atoms with Crippen molar-refractivity contribution in [1.82, 2.24) is 9.38 Å². The number of aromatic nitrogens is 2. The first-order valence-electron chi connectivity index (χ1n) is 6.71. The molecule has 0 aliphatic heterocycles. The summed E-state index contributed by atoms with van der Waals surface area (Å²) in [5.74, 6) is 1.48. The van der Waals surface area contributed by atoms with E-state index in [0.29, 0.717) is 13.2 Å². The molecule has 0 saturated carbocycles. The Bertz CT molecular complexity index is 707. The monoisotopic (exact) mass is 303 g/mol. The van der Waals surface area contributed by atoms with E-state index in [1.165, 1.54) is 0 Å². The van der Waals surface area contributed by atoms with Crippen LogP contribution < -0.4 is 15.2 Å². The van der Waals surface area contributed by atoms with Crippen LogP contribution in [0.5, 0.6) is 11.5 Å². The molecular formula is C15H17N3O2S. The molecule has 0 atom stereocenters. The maximum atomic E-state index is 5.94. The van der Waals surface area contributed by atoms with Gasteiger partial charge in [0.1, 0.15) is 6.61 Å². The highest BCUT2D eigenvalue weighted by Crippen LogP contribution is 2.32. The molecule has 0 saturated heterocycles. The van der Waals surface area contributed by atoms with Gasteiger partial charge in [0.25, 0.3) is 0 Å². The Kier molecular flexibility index (Phi) is 4.08. The number of thiazole rings is 1. The minimum absolute atomic E-state index is 0.409. The van der Waals surface area contributed by atoms with Gasteiger partial charge in [0.2, 0.25) is 0 Å². The summed E-state index contributed by atoms with van der Waals surface area (Å²) in [6.45, 7) is 0.982. The van der Waals surface area contributed by atoms with Crippen LogP contribution in [0, 0.1) is 0 Å². The van der Waals surface area contributed by atoms with Gasteiger partial charge in [0.15, 0.2) is 16.5 Å². The van der Waals surface area contributed by atoms with Crippen molar-refractivity contribution in [3.63, 3.8) is 0 Å². The third-order valence-electron chi connectivity index (χ3n) is 3.20. The maximum Gasteiger partial charge on any atom is 0.193 e. The molecule has 2 heterocycles. The van der Waals surface area contributed by atoms with Crippen molar-refractivity contribution >= 4 is 16.3 Å². The summed E-state index contributed by atoms with van der Waals surface area (Å²) in [4.78, 5) is 5.48. The SMILES string of the molecule is COc1cccc(CCN)c1OCc1cn2ccsc2n1. The van der Waals surface area contributed by atoms with E-state index in [4.69, 9.17) is 15.2 Å². The summed E-state index contributed by atoms with van der Waals surface area (Å²) >= 11 is 1.60. The van der Waals surface area contributed by atoms with Gasteiger partial charge in [-0.05, 0) is 24.6 Å². The van der Waals surface area contributed by atoms with E-state index in [1.54, 1.807) is 18.4 Å². The van der Waals surface area contributed by atoms with Crippen molar-refractivity contribution < 1.29 is 9.47 Å². The fraction of sp³-hybridized carbons (Fsp3) is 0.267. The predicted octanol–water partition coefficient (Wildman–Crippen LogP) is 2.48. The number of methoxy groups -OCH3 is 1. The molecule has 21 heavy (non-hydrogen) atoms. The van der Waals surface area contributed by atoms with E-state index >= 15 is 0 Å². The number of fused-ring (bicyclic) bond motifs is 1. The molecule has 6 heteroatoms. The minimum Gasteiger partial charge on any atom is -0.493 e. The standard InChI is InChI=1S/C15H17N3O2S/c1-19-13-4-2-3-11(5-6-16)14(13)20-10-12-9-18-7-8-21-15(18)17-12/h2-4,7-9H,5-6,10,16H2,1H3. The van der Waals surface area contributed by atoms with Crippen LogP contribution in [0.15, 0.2) is 36.0 Å². The molecule has 5 nitrogen and oxygen atoms in total. The second-order valence-corrected chi connectivity index (χ2v) is 5.47. The number of nitrogens with two attached hydrogens (primary N) is 1. The molecule has 0 aliphatic carbocycles. The van der Waals surface area contributed by atoms with Gasteiger partial charge in [-0.3, -0.25) is 4.40 Å². The molecule has 0 radical (unpaired) electrons. The molecule has 2 N–H and O–H groups in total. The van der Waals surface area contributed by atoms with Crippen molar-refractivity contribution in [1.29, 1.82) is 0 Å². The number of benzene rings is 1. The number of hydrogen-bond acceptors (Lipinski definition) is 5. The molecular weight excluding hydrogens is 286 g/mol. The molecule has 1 aromatic carbocycles. The number of hydrogen-bond donors (Lipinski definition) is 1. The second kappa shape index (κ2) is 6.15. The number of ether oxygens (including phenoxy) is 2. The predicted molar refractivity (Wildman–Crippen MR) is 83.2 cm³/mol. The minimum atomic E-state index is 0.409. The van der Waals surface area contributed by atoms with E-state index < -0.39 is 0 Å². The molecule has 0 amide bonds. The quantitative estimate of drug-likeness (QED) is 0.760. The van der Waals surface area contributed by atoms with Crippen LogP contribution in [0.4, 0.5) is 0 Å². The Labute approximate surface area is 126 Å². The van der Waals surface area contributed by atoms with Gasteiger partial charge in [-0.25, -0.2) is 4.98 Å². The highest BCUT2D eigenvalue weighted by molar-refractivity contribution is 7.15. The molecule has 3 aromatic rings. The van der Waals surface area contributed by atoms with Gasteiger partial charge in [0, 0.05) is 17.8 Å². The van der Waals surface area contributed by atoms with Gasteiger partial charge in [-0.2, -0.15) is 0 Å². The van der Waals surface area contributed by atoms with Gasteiger partial charge in [-0.15, -0.1) is 11.3 Å². The number of imidazole rings is 1. The van der Waals surface area contributed by atoms with Gasteiger partial charge < -0.3 is 15.2 Å². The van der Waals surface area contributed by atoms with Crippen molar-refractivity contribution in [3.05, 3.63) is 47.2 Å². The number of rotatable bonds is 6. The van der Waals surface area contributed by atoms with Crippen LogP contribution in [0.3, 0.4) is 0 Å². The number of nitrogens with zero attached hydrogens (tertiary/aromatic N) is 2. The zero-order chi connectivity index (χ0) is 14.7. The summed E-state index contributed by atoms with van der Waals surface area (Å²) < 4.78 is 13.3. The highest BCUT2D eigenvalue weighted by atomic mass is 32.1. The molecule has 0 spiro atoms. The lowest BCUT2D eigenvalue weighted by atomic mass is 10.1. The third-order valence-corrected chi connectivity index (χ3v) is 3.97. The van der Waals surface area contributed by atoms with E-state index in [-0.39, 0.29) is 0 Å². The van der Waals surface area contributed by atoms with Gasteiger partial charge in [0.05, 0.1) is 12.8 Å². The number of para-hydroxylation sites is 1. The molecule has 2 aromatic heterocycles. The van der Waals surface area contributed by atoms with E-state index in [2.05, 4.69) is 4.98 Å². The first-order valence-corrected chi connectivity index (χ1v) is 7.59. The maximum absolute atomic E-state index is 5.94. The first-order chi connectivity index (χ1) is 10.3. The average molecular weight is 303 g/mol. The van der Waals surface area contributed by atoms with Crippen molar-refractivity contribution in [2.45, 2.75) is 13.0 Å². The Balaban J connectivity index is 1.81. The first kappa shape index (κ1) is 13.9. The lowest BCUT2D eigenvalue weighted by Crippen LogP contribution is -2.06. The lowest BCUT2D eigenvalue weighted by molar-refractivity contribution is 0.278. The van der Waals surface area contributed by atoms with E-state index in [0.717, 1.165) is 34.1 Å². The smallest absolute Gasteiger partial charge is 0.193 e. The normalized spacial score (nSPS) is 11.0. The van der Waals surface area contributed by atoms with Crippen LogP contribution in [0.2, 0.25) is 0 Å². The molecule has 0 fully saturated rings. The van der Waals surface area contributed by atoms with E-state index in [1.807, 2.05) is 40.4 Å². The van der Waals surface area contributed by atoms with Crippen LogP contribution in [0.25, 0.3) is 4.96 Å². The zero-order valence-corrected chi connectivity index (χ0v) is 12.6. The highest BCUT2D eigenvalue weighted by Gasteiger charge is 2.11. The Morgan fingerprint density at radius 3 is 3.05 bits per heavy atom. The van der Waals surface area contributed by atoms with Crippen LogP contribution in [-0.2, 0) is 13.0 Å². The summed E-state index contributed by atoms with van der Waals surface area (Å²) in [6.07, 6.45) is 4.72. The van der Waals surface area contributed by atoms with Gasteiger partial charge in [-0.1, -0.05) is 12.1 Å². The van der Waals surface area contributed by atoms with Crippen LogP contribution >= 0.6 is 11.3 Å². The summed E-state index contributed by atoms with van der Waals surface area (Å²) in [5, 5.41) is 2.01.